The van der Waals surface area contributed by atoms with Crippen LogP contribution in [-0.2, 0) is 14.3 Å². The molecule has 0 saturated heterocycles. The van der Waals surface area contributed by atoms with E-state index in [1.54, 1.807) is 6.92 Å². The van der Waals surface area contributed by atoms with Crippen LogP contribution < -0.4 is 40.0 Å². The number of hydrogen-bond acceptors (Lipinski definition) is 5. The average Bonchev–Trinajstić information content (AvgIpc) is 2.46. The fraction of sp³-hybridized carbons (Fsp3) is 0.800. The molecule has 2 atom stereocenters. The Bertz CT molecular complexity index is 399. The van der Waals surface area contributed by atoms with Crippen LogP contribution in [0.25, 0.3) is 0 Å². The number of aliphatic hydroxyl groups excluding tert-OH is 1. The summed E-state index contributed by atoms with van der Waals surface area (Å²) in [5, 5.41) is 21.1. The summed E-state index contributed by atoms with van der Waals surface area (Å²) in [7, 11) is 0. The van der Waals surface area contributed by atoms with Crippen LogP contribution in [-0.4, -0.2) is 42.8 Å². The van der Waals surface area contributed by atoms with Gasteiger partial charge >= 0.3 is 29.6 Å². The minimum absolute atomic E-state index is 0. The second kappa shape index (κ2) is 12.9. The van der Waals surface area contributed by atoms with Crippen LogP contribution in [0.15, 0.2) is 4.99 Å². The molecule has 0 spiro atoms. The number of aliphatic hydroxyl groups is 1. The van der Waals surface area contributed by atoms with E-state index < -0.39 is 23.3 Å². The van der Waals surface area contributed by atoms with Gasteiger partial charge in [-0.15, -0.1) is 0 Å². The Morgan fingerprint density at radius 1 is 1.35 bits per heavy atom. The maximum absolute atomic E-state index is 11.9. The van der Waals surface area contributed by atoms with Crippen LogP contribution in [0.1, 0.15) is 47.0 Å². The van der Waals surface area contributed by atoms with E-state index in [4.69, 9.17) is 9.84 Å². The van der Waals surface area contributed by atoms with Crippen molar-refractivity contribution >= 4 is 17.8 Å². The molecule has 2 N–H and O–H groups in total. The van der Waals surface area contributed by atoms with Crippen molar-refractivity contribution in [2.24, 2.45) is 16.3 Å². The molecular formula is C15H27N2NaO5. The molecule has 0 saturated carbocycles. The van der Waals surface area contributed by atoms with E-state index in [0.29, 0.717) is 19.6 Å². The zero-order valence-corrected chi connectivity index (χ0v) is 16.8. The van der Waals surface area contributed by atoms with Crippen LogP contribution in [0.2, 0.25) is 0 Å². The number of amides is 2. The predicted molar refractivity (Wildman–Crippen MR) is 81.0 cm³/mol. The quantitative estimate of drug-likeness (QED) is 0.296. The van der Waals surface area contributed by atoms with Gasteiger partial charge in [0.25, 0.3) is 5.91 Å². The summed E-state index contributed by atoms with van der Waals surface area (Å²) in [5.41, 5.74) is -1.15. The summed E-state index contributed by atoms with van der Waals surface area (Å²) in [5.74, 6) is -1.20. The number of amidine groups is 1. The van der Waals surface area contributed by atoms with Crippen LogP contribution in [0.4, 0.5) is 0 Å². The largest absolute Gasteiger partial charge is 1.00 e. The Kier molecular flexibility index (Phi) is 13.9. The van der Waals surface area contributed by atoms with Crippen molar-refractivity contribution in [3.05, 3.63) is 0 Å². The van der Waals surface area contributed by atoms with Gasteiger partial charge in [-0.1, -0.05) is 27.2 Å². The Hall–Kier alpha value is -0.470. The summed E-state index contributed by atoms with van der Waals surface area (Å²) in [6.45, 7) is 8.82. The molecule has 1 aliphatic rings. The summed E-state index contributed by atoms with van der Waals surface area (Å²) >= 11 is 0. The number of ether oxygens (including phenoxy) is 1. The number of carbonyl (C=O) groups excluding carboxylic acids is 2. The molecule has 1 heterocycles. The summed E-state index contributed by atoms with van der Waals surface area (Å²) in [4.78, 5) is 27.1. The first kappa shape index (κ1) is 24.8. The summed E-state index contributed by atoms with van der Waals surface area (Å²) in [6.07, 6.45) is 2.02. The monoisotopic (exact) mass is 338 g/mol. The van der Waals surface area contributed by atoms with Crippen LogP contribution >= 0.6 is 0 Å². The molecule has 0 bridgehead atoms. The van der Waals surface area contributed by atoms with E-state index in [9.17, 15) is 14.7 Å². The number of rotatable bonds is 7. The van der Waals surface area contributed by atoms with E-state index in [1.165, 1.54) is 0 Å². The van der Waals surface area contributed by atoms with Crippen LogP contribution in [0.5, 0.6) is 0 Å². The maximum Gasteiger partial charge on any atom is 1.00 e. The molecule has 2 amide bonds. The molecular weight excluding hydrogens is 311 g/mol. The van der Waals surface area contributed by atoms with E-state index >= 15 is 0 Å². The van der Waals surface area contributed by atoms with Gasteiger partial charge in [-0.25, -0.2) is 4.99 Å². The normalized spacial score (nSPS) is 21.3. The second-order valence-corrected chi connectivity index (χ2v) is 5.11. The zero-order valence-electron chi connectivity index (χ0n) is 14.8. The van der Waals surface area contributed by atoms with Gasteiger partial charge in [-0.3, -0.25) is 9.59 Å². The Morgan fingerprint density at radius 3 is 2.30 bits per heavy atom. The molecule has 23 heavy (non-hydrogen) atoms. The molecule has 1 rings (SSSR count). The van der Waals surface area contributed by atoms with Gasteiger partial charge < -0.3 is 20.3 Å². The Balaban J connectivity index is 0. The minimum atomic E-state index is -1.15. The second-order valence-electron chi connectivity index (χ2n) is 5.11. The van der Waals surface area contributed by atoms with Crippen molar-refractivity contribution in [1.82, 2.24) is 5.32 Å². The van der Waals surface area contributed by atoms with Gasteiger partial charge in [0.05, 0.1) is 19.2 Å². The van der Waals surface area contributed by atoms with E-state index in [1.807, 2.05) is 20.8 Å². The zero-order chi connectivity index (χ0) is 17.2. The SMILES string of the molecule is CCCC(C)C1(CC)C(=O)N=C([O-])NC1=O.CCOCCO.[Na+]. The number of carbonyl (C=O) groups is 2. The molecule has 2 unspecified atom stereocenters. The number of aliphatic imine (C=N–C) groups is 1. The summed E-state index contributed by atoms with van der Waals surface area (Å²) in [6, 6.07) is -0.845. The van der Waals surface area contributed by atoms with Gasteiger partial charge in [-0.05, 0) is 25.7 Å². The Labute approximate surface area is 160 Å². The smallest absolute Gasteiger partial charge is 0.846 e. The molecule has 0 radical (unpaired) electrons. The van der Waals surface area contributed by atoms with Crippen LogP contribution in [0.3, 0.4) is 0 Å². The molecule has 0 aliphatic carbocycles. The van der Waals surface area contributed by atoms with Crippen molar-refractivity contribution in [3.8, 4) is 0 Å². The van der Waals surface area contributed by atoms with Crippen LogP contribution in [0, 0.1) is 11.3 Å². The number of nitrogens with zero attached hydrogens (tertiary/aromatic N) is 1. The molecule has 0 aromatic heterocycles. The fourth-order valence-corrected chi connectivity index (χ4v) is 2.51. The first-order chi connectivity index (χ1) is 10.4. The van der Waals surface area contributed by atoms with E-state index in [0.717, 1.165) is 12.8 Å². The molecule has 128 valence electrons. The van der Waals surface area contributed by atoms with Crippen molar-refractivity contribution in [3.63, 3.8) is 0 Å². The maximum atomic E-state index is 11.9. The topological polar surface area (TPSA) is 111 Å². The molecule has 0 fully saturated rings. The van der Waals surface area contributed by atoms with E-state index in [-0.39, 0.29) is 42.1 Å². The van der Waals surface area contributed by atoms with Crippen molar-refractivity contribution in [2.75, 3.05) is 19.8 Å². The minimum Gasteiger partial charge on any atom is -0.846 e. The molecule has 7 nitrogen and oxygen atoms in total. The predicted octanol–water partition coefficient (Wildman–Crippen LogP) is -2.79. The van der Waals surface area contributed by atoms with Crippen molar-refractivity contribution < 1.29 is 54.1 Å². The third-order valence-electron chi connectivity index (χ3n) is 3.77. The molecule has 1 aliphatic heterocycles. The average molecular weight is 338 g/mol. The van der Waals surface area contributed by atoms with Gasteiger partial charge in [0, 0.05) is 6.61 Å². The fourth-order valence-electron chi connectivity index (χ4n) is 2.51. The third kappa shape index (κ3) is 6.89. The van der Waals surface area contributed by atoms with Gasteiger partial charge in [0.2, 0.25) is 5.91 Å². The van der Waals surface area contributed by atoms with E-state index in [2.05, 4.69) is 10.3 Å². The van der Waals surface area contributed by atoms with Crippen molar-refractivity contribution in [2.45, 2.75) is 47.0 Å². The number of nitrogens with one attached hydrogen (secondary N) is 1. The van der Waals surface area contributed by atoms with Gasteiger partial charge in [-0.2, -0.15) is 0 Å². The third-order valence-corrected chi connectivity index (χ3v) is 3.77. The molecule has 0 aromatic carbocycles. The standard InChI is InChI=1S/C11H18N2O3.C4H10O2.Na/c1-4-6-7(3)11(5-2)8(14)12-10(16)13-9(11)15;1-2-6-4-3-5;/h7H,4-6H2,1-3H3,(H2,12,13,14,15,16);5H,2-4H2,1H3;/q;;+1/p-1. The van der Waals surface area contributed by atoms with Gasteiger partial charge in [0.1, 0.15) is 5.41 Å². The first-order valence-electron chi connectivity index (χ1n) is 7.70. The Morgan fingerprint density at radius 2 is 1.96 bits per heavy atom. The molecule has 8 heteroatoms. The summed E-state index contributed by atoms with van der Waals surface area (Å²) < 4.78 is 4.73. The first-order valence-corrected chi connectivity index (χ1v) is 7.70. The van der Waals surface area contributed by atoms with Gasteiger partial charge in [0.15, 0.2) is 0 Å². The van der Waals surface area contributed by atoms with Crippen molar-refractivity contribution in [1.29, 1.82) is 0 Å². The number of hydrogen-bond donors (Lipinski definition) is 2. The molecule has 0 aromatic rings.